The summed E-state index contributed by atoms with van der Waals surface area (Å²) in [6, 6.07) is 43.3. The first-order valence-corrected chi connectivity index (χ1v) is 22.8. The molecule has 6 aromatic carbocycles. The molecule has 0 aliphatic heterocycles. The van der Waals surface area contributed by atoms with Crippen molar-refractivity contribution in [2.75, 3.05) is 68.7 Å². The fourth-order valence-corrected chi connectivity index (χ4v) is 7.27. The maximum atomic E-state index is 12.7. The number of likely N-dealkylation sites (N-methyl/N-ethyl adjacent to an activating group) is 2. The number of esters is 2. The zero-order chi connectivity index (χ0) is 50.4. The zero-order valence-electron chi connectivity index (χ0n) is 40.5. The Balaban J connectivity index is 0.000000261. The number of methoxy groups -OCH3 is 2. The number of carbonyl (C=O) groups is 4. The van der Waals surface area contributed by atoms with Crippen LogP contribution in [-0.2, 0) is 35.2 Å². The van der Waals surface area contributed by atoms with E-state index in [1.807, 2.05) is 135 Å². The first kappa shape index (κ1) is 53.3. The van der Waals surface area contributed by atoms with Gasteiger partial charge in [0, 0.05) is 13.1 Å². The van der Waals surface area contributed by atoms with Crippen molar-refractivity contribution < 1.29 is 57.8 Å². The van der Waals surface area contributed by atoms with E-state index in [1.165, 1.54) is 59.7 Å². The summed E-state index contributed by atoms with van der Waals surface area (Å²) in [5, 5.41) is 18.4. The summed E-state index contributed by atoms with van der Waals surface area (Å²) in [7, 11) is 10.8. The van der Waals surface area contributed by atoms with Crippen molar-refractivity contribution in [2.24, 2.45) is 0 Å². The molecule has 0 saturated carbocycles. The maximum absolute atomic E-state index is 12.7. The summed E-state index contributed by atoms with van der Waals surface area (Å²) in [6.45, 7) is 1.25. The van der Waals surface area contributed by atoms with Crippen LogP contribution in [-0.4, -0.2) is 125 Å². The summed E-state index contributed by atoms with van der Waals surface area (Å²) < 4.78 is 34.0. The van der Waals surface area contributed by atoms with Crippen LogP contribution >= 0.6 is 0 Å². The molecule has 6 rings (SSSR count). The Kier molecular flexibility index (Phi) is 20.8. The van der Waals surface area contributed by atoms with Gasteiger partial charge in [-0.3, -0.25) is 0 Å². The highest BCUT2D eigenvalue weighted by Crippen LogP contribution is 2.24. The predicted molar refractivity (Wildman–Crippen MR) is 267 cm³/mol. The average Bonchev–Trinajstić information content (AvgIpc) is 3.36. The molecule has 0 aliphatic carbocycles. The molecule has 0 fully saturated rings. The minimum atomic E-state index is -1.10. The lowest BCUT2D eigenvalue weighted by atomic mass is 10.0. The van der Waals surface area contributed by atoms with Crippen molar-refractivity contribution in [1.29, 1.82) is 0 Å². The second-order valence-corrected chi connectivity index (χ2v) is 16.9. The standard InChI is InChI=1S/2C28H31NO6/c2*1-29(2)18-25(35-28(32)23-9-6-8-22(17-23)27(30)31)19-34-26-10-5-4-7-21(26)14-11-20-12-15-24(33-3)16-13-20/h2*4-10,12-13,15-17,25H,11,14,18-19H2,1-3H3,(H,30,31)/t25-;/m1./s1. The van der Waals surface area contributed by atoms with E-state index >= 15 is 0 Å². The number of aryl methyl sites for hydroxylation is 4. The van der Waals surface area contributed by atoms with Gasteiger partial charge in [0.15, 0.2) is 0 Å². The smallest absolute Gasteiger partial charge is 0.338 e. The molecule has 2 atom stereocenters. The number of hydrogen-bond donors (Lipinski definition) is 2. The van der Waals surface area contributed by atoms with E-state index < -0.39 is 36.1 Å². The molecule has 368 valence electrons. The van der Waals surface area contributed by atoms with Gasteiger partial charge < -0.3 is 48.4 Å². The summed E-state index contributed by atoms with van der Waals surface area (Å²) in [5.74, 6) is -0.226. The van der Waals surface area contributed by atoms with E-state index in [-0.39, 0.29) is 35.5 Å². The SMILES string of the molecule is COc1ccc(CCc2ccccc2OCC(CN(C)C)OC(=O)c2cccc(C(=O)O)c2)cc1.COc1ccc(CCc2ccccc2OC[C@@H](CN(C)C)OC(=O)c2cccc(C(=O)O)c2)cc1. The quantitative estimate of drug-likeness (QED) is 0.0553. The number of ether oxygens (including phenoxy) is 6. The average molecular weight is 955 g/mol. The van der Waals surface area contributed by atoms with Gasteiger partial charge in [0.25, 0.3) is 0 Å². The van der Waals surface area contributed by atoms with Gasteiger partial charge in [0.2, 0.25) is 0 Å². The van der Waals surface area contributed by atoms with E-state index in [4.69, 9.17) is 28.4 Å². The van der Waals surface area contributed by atoms with Crippen LogP contribution in [0.25, 0.3) is 0 Å². The Morgan fingerprint density at radius 3 is 1.16 bits per heavy atom. The molecule has 0 radical (unpaired) electrons. The Morgan fingerprint density at radius 2 is 0.814 bits per heavy atom. The fraction of sp³-hybridized carbons (Fsp3) is 0.286. The largest absolute Gasteiger partial charge is 0.497 e. The van der Waals surface area contributed by atoms with Gasteiger partial charge in [0.05, 0.1) is 36.5 Å². The maximum Gasteiger partial charge on any atom is 0.338 e. The molecular weight excluding hydrogens is 893 g/mol. The molecule has 1 unspecified atom stereocenters. The van der Waals surface area contributed by atoms with Crippen molar-refractivity contribution in [1.82, 2.24) is 9.80 Å². The second-order valence-electron chi connectivity index (χ2n) is 16.9. The summed E-state index contributed by atoms with van der Waals surface area (Å²) >= 11 is 0. The number of benzene rings is 6. The topological polar surface area (TPSA) is 171 Å². The molecule has 70 heavy (non-hydrogen) atoms. The molecule has 14 nitrogen and oxygen atoms in total. The van der Waals surface area contributed by atoms with Crippen molar-refractivity contribution in [2.45, 2.75) is 37.9 Å². The monoisotopic (exact) mass is 954 g/mol. The Hall–Kier alpha value is -7.68. The third-order valence-corrected chi connectivity index (χ3v) is 10.9. The molecule has 0 spiro atoms. The van der Waals surface area contributed by atoms with E-state index in [2.05, 4.69) is 0 Å². The lowest BCUT2D eigenvalue weighted by molar-refractivity contribution is 0.00957. The number of hydrogen-bond acceptors (Lipinski definition) is 12. The second kappa shape index (κ2) is 27.3. The van der Waals surface area contributed by atoms with Gasteiger partial charge in [-0.15, -0.1) is 0 Å². The number of carboxylic acids is 2. The van der Waals surface area contributed by atoms with E-state index in [0.717, 1.165) is 59.8 Å². The minimum absolute atomic E-state index is 0.0330. The number of carboxylic acid groups (broad SMARTS) is 2. The van der Waals surface area contributed by atoms with E-state index in [9.17, 15) is 29.4 Å². The van der Waals surface area contributed by atoms with Crippen LogP contribution in [0.1, 0.15) is 63.7 Å². The van der Waals surface area contributed by atoms with Gasteiger partial charge in [0.1, 0.15) is 48.4 Å². The highest BCUT2D eigenvalue weighted by Gasteiger charge is 2.22. The lowest BCUT2D eigenvalue weighted by Gasteiger charge is -2.22. The molecule has 2 N–H and O–H groups in total. The van der Waals surface area contributed by atoms with Crippen LogP contribution in [0.2, 0.25) is 0 Å². The molecule has 6 aromatic rings. The summed E-state index contributed by atoms with van der Waals surface area (Å²) in [5.41, 5.74) is 4.96. The number of para-hydroxylation sites is 2. The van der Waals surface area contributed by atoms with Crippen LogP contribution in [0.15, 0.2) is 146 Å². The molecule has 0 heterocycles. The first-order valence-electron chi connectivity index (χ1n) is 22.8. The van der Waals surface area contributed by atoms with Crippen LogP contribution in [0.5, 0.6) is 23.0 Å². The molecule has 0 bridgehead atoms. The fourth-order valence-electron chi connectivity index (χ4n) is 7.27. The first-order chi connectivity index (χ1) is 33.7. The Bertz CT molecular complexity index is 2430. The molecule has 0 amide bonds. The van der Waals surface area contributed by atoms with Crippen LogP contribution in [0, 0.1) is 0 Å². The van der Waals surface area contributed by atoms with E-state index in [0.29, 0.717) is 13.1 Å². The van der Waals surface area contributed by atoms with Gasteiger partial charge in [-0.1, -0.05) is 72.8 Å². The Labute approximate surface area is 409 Å². The lowest BCUT2D eigenvalue weighted by Crippen LogP contribution is -2.35. The summed E-state index contributed by atoms with van der Waals surface area (Å²) in [6.07, 6.45) is 2.20. The van der Waals surface area contributed by atoms with Gasteiger partial charge >= 0.3 is 23.9 Å². The highest BCUT2D eigenvalue weighted by atomic mass is 16.6. The van der Waals surface area contributed by atoms with Crippen molar-refractivity contribution >= 4 is 23.9 Å². The number of carbonyl (C=O) groups excluding carboxylic acids is 2. The van der Waals surface area contributed by atoms with Crippen molar-refractivity contribution in [3.05, 3.63) is 190 Å². The predicted octanol–water partition coefficient (Wildman–Crippen LogP) is 8.69. The molecule has 0 aliphatic rings. The highest BCUT2D eigenvalue weighted by molar-refractivity contribution is 5.95. The third kappa shape index (κ3) is 17.4. The third-order valence-electron chi connectivity index (χ3n) is 10.9. The zero-order valence-corrected chi connectivity index (χ0v) is 40.5. The molecule has 14 heteroatoms. The Morgan fingerprint density at radius 1 is 0.457 bits per heavy atom. The van der Waals surface area contributed by atoms with Crippen molar-refractivity contribution in [3.63, 3.8) is 0 Å². The van der Waals surface area contributed by atoms with Crippen LogP contribution in [0.4, 0.5) is 0 Å². The minimum Gasteiger partial charge on any atom is -0.497 e. The van der Waals surface area contributed by atoms with Crippen LogP contribution < -0.4 is 18.9 Å². The molecule has 0 aromatic heterocycles. The van der Waals surface area contributed by atoms with Crippen LogP contribution in [0.3, 0.4) is 0 Å². The number of rotatable bonds is 24. The number of nitrogens with zero attached hydrogens (tertiary/aromatic N) is 2. The number of aromatic carboxylic acids is 2. The normalized spacial score (nSPS) is 11.7. The van der Waals surface area contributed by atoms with E-state index in [1.54, 1.807) is 14.2 Å². The van der Waals surface area contributed by atoms with Gasteiger partial charge in [-0.05, 0) is 149 Å². The molecule has 0 saturated heterocycles. The van der Waals surface area contributed by atoms with Crippen molar-refractivity contribution in [3.8, 4) is 23.0 Å². The molecular formula is C56H62N2O12. The van der Waals surface area contributed by atoms with Gasteiger partial charge in [-0.25, -0.2) is 19.2 Å². The summed E-state index contributed by atoms with van der Waals surface area (Å²) in [4.78, 5) is 51.7. The van der Waals surface area contributed by atoms with Gasteiger partial charge in [-0.2, -0.15) is 0 Å².